The smallest absolute Gasteiger partial charge is 0.0561 e. The molecule has 20 rings (SSSR count). The first-order valence-electron chi connectivity index (χ1n) is 33.1. The number of rotatable bonds is 0. The molecule has 0 saturated carbocycles. The minimum absolute atomic E-state index is 1.25. The SMILES string of the molecule is CN1c2c(ccc3ccccc23)C=Cc2ccc3ccccc3c21.CN1c2cc3ccccc3cc2C=Cc2c1ccc1ccccc21.CN1c2cc3ccccc3cc2C=Cc2cc3ccccc3cc21.CN1c2ccc3ccccc3c2C=Cc2c1ccc1ccccc21. The van der Waals surface area contributed by atoms with E-state index in [-0.39, 0.29) is 0 Å². The molecule has 4 aliphatic rings. The van der Waals surface area contributed by atoms with Gasteiger partial charge in [0.05, 0.1) is 11.4 Å². The Morgan fingerprint density at radius 1 is 0.167 bits per heavy atom. The van der Waals surface area contributed by atoms with Gasteiger partial charge in [-0.05, 0) is 158 Å². The molecule has 4 aliphatic heterocycles. The molecule has 0 radical (unpaired) electrons. The van der Waals surface area contributed by atoms with Crippen LogP contribution in [-0.2, 0) is 0 Å². The largest absolute Gasteiger partial charge is 0.344 e. The highest BCUT2D eigenvalue weighted by Crippen LogP contribution is 2.46. The molecule has 0 atom stereocenters. The van der Waals surface area contributed by atoms with Crippen LogP contribution >= 0.6 is 0 Å². The lowest BCUT2D eigenvalue weighted by molar-refractivity contribution is 1.21. The predicted molar refractivity (Wildman–Crippen MR) is 420 cm³/mol. The second-order valence-corrected chi connectivity index (χ2v) is 25.5. The fourth-order valence-corrected chi connectivity index (χ4v) is 15.0. The van der Waals surface area contributed by atoms with E-state index in [1.807, 2.05) is 0 Å². The van der Waals surface area contributed by atoms with Gasteiger partial charge in [-0.1, -0.05) is 285 Å². The highest BCUT2D eigenvalue weighted by Gasteiger charge is 2.23. The molecule has 4 nitrogen and oxygen atoms in total. The van der Waals surface area contributed by atoms with E-state index in [9.17, 15) is 0 Å². The zero-order valence-electron chi connectivity index (χ0n) is 54.1. The Bertz CT molecular complexity index is 5600. The molecule has 4 heterocycles. The Kier molecular flexibility index (Phi) is 14.4. The van der Waals surface area contributed by atoms with Crippen LogP contribution < -0.4 is 19.6 Å². The van der Waals surface area contributed by atoms with Crippen LogP contribution in [0.3, 0.4) is 0 Å². The van der Waals surface area contributed by atoms with Gasteiger partial charge in [0.2, 0.25) is 0 Å². The number of nitrogens with zero attached hydrogens (tertiary/aromatic N) is 4. The van der Waals surface area contributed by atoms with Crippen molar-refractivity contribution in [1.29, 1.82) is 0 Å². The van der Waals surface area contributed by atoms with Crippen LogP contribution in [0.1, 0.15) is 44.5 Å². The van der Waals surface area contributed by atoms with Crippen LogP contribution in [-0.4, -0.2) is 28.2 Å². The van der Waals surface area contributed by atoms with E-state index in [1.54, 1.807) is 0 Å². The van der Waals surface area contributed by atoms with Gasteiger partial charge < -0.3 is 19.6 Å². The van der Waals surface area contributed by atoms with Gasteiger partial charge in [0.1, 0.15) is 0 Å². The van der Waals surface area contributed by atoms with Crippen LogP contribution in [0.2, 0.25) is 0 Å². The molecule has 0 bridgehead atoms. The first-order valence-corrected chi connectivity index (χ1v) is 33.1. The topological polar surface area (TPSA) is 13.0 Å². The van der Waals surface area contributed by atoms with Gasteiger partial charge in [-0.2, -0.15) is 0 Å². The summed E-state index contributed by atoms with van der Waals surface area (Å²) in [6, 6.07) is 105. The fraction of sp³-hybridized carbons (Fsp3) is 0.0435. The second kappa shape index (κ2) is 24.0. The van der Waals surface area contributed by atoms with Gasteiger partial charge in [0, 0.05) is 89.8 Å². The maximum Gasteiger partial charge on any atom is 0.0561 e. The molecule has 0 amide bonds. The van der Waals surface area contributed by atoms with E-state index < -0.39 is 0 Å². The van der Waals surface area contributed by atoms with E-state index in [0.29, 0.717) is 0 Å². The van der Waals surface area contributed by atoms with Crippen molar-refractivity contribution in [2.45, 2.75) is 0 Å². The van der Waals surface area contributed by atoms with Crippen molar-refractivity contribution in [3.8, 4) is 0 Å². The monoisotopic (exact) mass is 1230 g/mol. The number of fused-ring (bicyclic) bond motifs is 21. The summed E-state index contributed by atoms with van der Waals surface area (Å²) in [6.07, 6.45) is 18.0. The molecule has 0 fully saturated rings. The number of benzene rings is 16. The summed E-state index contributed by atoms with van der Waals surface area (Å²) in [5.74, 6) is 0. The zero-order chi connectivity index (χ0) is 64.4. The molecule has 16 aromatic carbocycles. The third-order valence-electron chi connectivity index (χ3n) is 20.0. The van der Waals surface area contributed by atoms with Crippen molar-refractivity contribution in [2.24, 2.45) is 0 Å². The van der Waals surface area contributed by atoms with Crippen molar-refractivity contribution in [3.63, 3.8) is 0 Å². The Hall–Kier alpha value is -12.2. The average molecular weight is 1230 g/mol. The fourth-order valence-electron chi connectivity index (χ4n) is 15.0. The van der Waals surface area contributed by atoms with E-state index in [1.165, 1.54) is 176 Å². The summed E-state index contributed by atoms with van der Waals surface area (Å²) in [4.78, 5) is 9.28. The molecular weight excluding hydrogens is 1160 g/mol. The Balaban J connectivity index is 0.0000000968. The molecule has 0 saturated heterocycles. The van der Waals surface area contributed by atoms with Crippen LogP contribution in [0.4, 0.5) is 45.5 Å². The van der Waals surface area contributed by atoms with Crippen molar-refractivity contribution in [1.82, 2.24) is 0 Å². The molecule has 0 N–H and O–H groups in total. The van der Waals surface area contributed by atoms with E-state index in [2.05, 4.69) is 388 Å². The summed E-state index contributed by atoms with van der Waals surface area (Å²) < 4.78 is 0. The summed E-state index contributed by atoms with van der Waals surface area (Å²) in [5, 5.41) is 20.6. The third kappa shape index (κ3) is 10.2. The Morgan fingerprint density at radius 2 is 0.396 bits per heavy atom. The first kappa shape index (κ1) is 57.6. The highest BCUT2D eigenvalue weighted by molar-refractivity contribution is 6.11. The lowest BCUT2D eigenvalue weighted by Crippen LogP contribution is -2.12. The quantitative estimate of drug-likeness (QED) is 0.150. The summed E-state index contributed by atoms with van der Waals surface area (Å²) in [5.41, 5.74) is 20.2. The molecule has 0 aromatic heterocycles. The minimum Gasteiger partial charge on any atom is -0.344 e. The molecule has 0 unspecified atom stereocenters. The van der Waals surface area contributed by atoms with E-state index in [0.717, 1.165) is 0 Å². The Morgan fingerprint density at radius 3 is 0.740 bits per heavy atom. The maximum absolute atomic E-state index is 2.36. The lowest BCUT2D eigenvalue weighted by atomic mass is 10.0. The van der Waals surface area contributed by atoms with Crippen molar-refractivity contribution in [3.05, 3.63) is 336 Å². The molecule has 4 heteroatoms. The third-order valence-corrected chi connectivity index (χ3v) is 20.0. The molecule has 16 aromatic rings. The lowest BCUT2D eigenvalue weighted by Gasteiger charge is -2.25. The van der Waals surface area contributed by atoms with Gasteiger partial charge in [0.25, 0.3) is 0 Å². The van der Waals surface area contributed by atoms with Gasteiger partial charge in [-0.3, -0.25) is 0 Å². The summed E-state index contributed by atoms with van der Waals surface area (Å²) in [6.45, 7) is 0. The van der Waals surface area contributed by atoms with Gasteiger partial charge in [0.15, 0.2) is 0 Å². The normalized spacial score (nSPS) is 13.0. The van der Waals surface area contributed by atoms with E-state index in [4.69, 9.17) is 0 Å². The molecule has 0 aliphatic carbocycles. The van der Waals surface area contributed by atoms with Crippen LogP contribution in [0.15, 0.2) is 291 Å². The van der Waals surface area contributed by atoms with E-state index >= 15 is 0 Å². The number of anilines is 8. The standard InChI is InChI=1S/4C23H17N/c1-24-22-14-10-16-6-2-4-8-18(16)20(22)12-13-21-19-9-5-3-7-17(19)11-15-23(21)24;1-24-22-18(12-10-16-6-2-4-8-20(16)22)14-15-19-13-11-17-7-3-5-9-21(17)23(19)24;1-24-22-14-18-8-4-2-6-16(18)12-20(22)10-11-21-13-17-7-3-5-9-19(17)15-23(21)24;1-24-22-13-11-16-6-4-5-9-20(16)21(22)12-10-19-14-17-7-2-3-8-18(17)15-23(19)24/h4*2-15H,1H3. The van der Waals surface area contributed by atoms with Gasteiger partial charge in [-0.25, -0.2) is 0 Å². The minimum atomic E-state index is 1.25. The van der Waals surface area contributed by atoms with Crippen LogP contribution in [0.5, 0.6) is 0 Å². The molecule has 96 heavy (non-hydrogen) atoms. The predicted octanol–water partition coefficient (Wildman–Crippen LogP) is 25.0. The van der Waals surface area contributed by atoms with Crippen LogP contribution in [0, 0.1) is 0 Å². The van der Waals surface area contributed by atoms with Crippen molar-refractivity contribution in [2.75, 3.05) is 47.8 Å². The molecular formula is C92H68N4. The summed E-state index contributed by atoms with van der Waals surface area (Å²) >= 11 is 0. The zero-order valence-corrected chi connectivity index (χ0v) is 54.1. The second-order valence-electron chi connectivity index (χ2n) is 25.5. The first-order chi connectivity index (χ1) is 47.3. The van der Waals surface area contributed by atoms with Crippen molar-refractivity contribution < 1.29 is 0 Å². The maximum atomic E-state index is 2.36. The van der Waals surface area contributed by atoms with Gasteiger partial charge >= 0.3 is 0 Å². The summed E-state index contributed by atoms with van der Waals surface area (Å²) in [7, 11) is 8.67. The van der Waals surface area contributed by atoms with Gasteiger partial charge in [-0.15, -0.1) is 0 Å². The average Bonchev–Trinajstić information content (AvgIpc) is 1.59. The van der Waals surface area contributed by atoms with Crippen molar-refractivity contribution >= 4 is 180 Å². The highest BCUT2D eigenvalue weighted by atomic mass is 15.1. The Labute approximate surface area is 560 Å². The number of hydrogen-bond donors (Lipinski definition) is 0. The van der Waals surface area contributed by atoms with Crippen LogP contribution in [0.25, 0.3) is 135 Å². The number of hydrogen-bond acceptors (Lipinski definition) is 4. The molecule has 456 valence electrons. The molecule has 0 spiro atoms.